The molecular weight excluding hydrogens is 280 g/mol. The Morgan fingerprint density at radius 2 is 2.00 bits per heavy atom. The molecule has 0 radical (unpaired) electrons. The lowest BCUT2D eigenvalue weighted by atomic mass is 10.3. The van der Waals surface area contributed by atoms with Gasteiger partial charge in [-0.25, -0.2) is 8.42 Å². The van der Waals surface area contributed by atoms with E-state index < -0.39 is 15.3 Å². The van der Waals surface area contributed by atoms with Gasteiger partial charge in [-0.15, -0.1) is 0 Å². The molecule has 0 bridgehead atoms. The van der Waals surface area contributed by atoms with E-state index in [1.807, 2.05) is 0 Å². The number of nitrogens with two attached hydrogens (primary N) is 1. The Morgan fingerprint density at radius 1 is 1.40 bits per heavy atom. The molecular formula is C9H13BrN2O2S. The Bertz CT molecular complexity index is 457. The van der Waals surface area contributed by atoms with Crippen molar-refractivity contribution in [3.8, 4) is 0 Å². The molecule has 0 unspecified atom stereocenters. The second-order valence-corrected chi connectivity index (χ2v) is 6.52. The summed E-state index contributed by atoms with van der Waals surface area (Å²) in [4.78, 5) is 0. The number of hydrogen-bond acceptors (Lipinski definition) is 3. The van der Waals surface area contributed by atoms with Gasteiger partial charge >= 0.3 is 0 Å². The smallest absolute Gasteiger partial charge is 0.235 e. The van der Waals surface area contributed by atoms with Gasteiger partial charge in [-0.1, -0.05) is 0 Å². The van der Waals surface area contributed by atoms with Crippen LogP contribution in [0.1, 0.15) is 13.8 Å². The minimum Gasteiger partial charge on any atom is -0.398 e. The number of anilines is 2. The third kappa shape index (κ3) is 3.10. The van der Waals surface area contributed by atoms with E-state index in [2.05, 4.69) is 20.7 Å². The number of sulfonamides is 1. The average molecular weight is 293 g/mol. The van der Waals surface area contributed by atoms with Crippen molar-refractivity contribution in [1.29, 1.82) is 0 Å². The minimum atomic E-state index is -3.30. The summed E-state index contributed by atoms with van der Waals surface area (Å²) in [5, 5.41) is -0.470. The lowest BCUT2D eigenvalue weighted by Gasteiger charge is -2.11. The first kappa shape index (κ1) is 12.3. The maximum absolute atomic E-state index is 11.5. The van der Waals surface area contributed by atoms with Crippen LogP contribution >= 0.6 is 15.9 Å². The highest BCUT2D eigenvalue weighted by atomic mass is 79.9. The number of nitrogen functional groups attached to an aromatic ring is 1. The van der Waals surface area contributed by atoms with Crippen LogP contribution in [-0.2, 0) is 10.0 Å². The zero-order valence-electron chi connectivity index (χ0n) is 8.49. The molecule has 1 rings (SSSR count). The molecule has 0 aromatic heterocycles. The maximum atomic E-state index is 11.5. The Morgan fingerprint density at radius 3 is 2.47 bits per heavy atom. The van der Waals surface area contributed by atoms with Crippen LogP contribution in [0, 0.1) is 0 Å². The molecule has 3 N–H and O–H groups in total. The molecule has 0 atom stereocenters. The van der Waals surface area contributed by atoms with Crippen molar-refractivity contribution in [2.24, 2.45) is 0 Å². The number of nitrogens with one attached hydrogen (secondary N) is 1. The molecule has 84 valence electrons. The first-order valence-electron chi connectivity index (χ1n) is 4.39. The monoisotopic (exact) mass is 292 g/mol. The number of hydrogen-bond donors (Lipinski definition) is 2. The van der Waals surface area contributed by atoms with E-state index in [1.165, 1.54) is 0 Å². The Balaban J connectivity index is 2.96. The molecule has 4 nitrogen and oxygen atoms in total. The number of benzene rings is 1. The van der Waals surface area contributed by atoms with Crippen LogP contribution in [0.4, 0.5) is 11.4 Å². The van der Waals surface area contributed by atoms with Crippen molar-refractivity contribution >= 4 is 37.3 Å². The largest absolute Gasteiger partial charge is 0.398 e. The third-order valence-electron chi connectivity index (χ3n) is 1.88. The number of halogens is 1. The van der Waals surface area contributed by atoms with Crippen molar-refractivity contribution in [3.05, 3.63) is 22.7 Å². The molecule has 1 aromatic carbocycles. The summed E-state index contributed by atoms with van der Waals surface area (Å²) < 4.78 is 26.3. The van der Waals surface area contributed by atoms with Gasteiger partial charge in [0.1, 0.15) is 0 Å². The fraction of sp³-hybridized carbons (Fsp3) is 0.333. The SMILES string of the molecule is CC(C)S(=O)(=O)Nc1ccc(Br)c(N)c1. The van der Waals surface area contributed by atoms with Gasteiger partial charge in [0, 0.05) is 10.2 Å². The van der Waals surface area contributed by atoms with Gasteiger partial charge in [-0.2, -0.15) is 0 Å². The van der Waals surface area contributed by atoms with Gasteiger partial charge in [0.2, 0.25) is 10.0 Å². The summed E-state index contributed by atoms with van der Waals surface area (Å²) in [5.74, 6) is 0. The standard InChI is InChI=1S/C9H13BrN2O2S/c1-6(2)15(13,14)12-7-3-4-8(10)9(11)5-7/h3-6,12H,11H2,1-2H3. The van der Waals surface area contributed by atoms with Crippen molar-refractivity contribution in [2.75, 3.05) is 10.5 Å². The molecule has 15 heavy (non-hydrogen) atoms. The van der Waals surface area contributed by atoms with Gasteiger partial charge in [-0.3, -0.25) is 4.72 Å². The molecule has 0 amide bonds. The van der Waals surface area contributed by atoms with Crippen LogP contribution in [-0.4, -0.2) is 13.7 Å². The number of rotatable bonds is 3. The topological polar surface area (TPSA) is 72.2 Å². The third-order valence-corrected chi connectivity index (χ3v) is 4.36. The quantitative estimate of drug-likeness (QED) is 0.839. The Hall–Kier alpha value is -0.750. The second-order valence-electron chi connectivity index (χ2n) is 3.43. The highest BCUT2D eigenvalue weighted by Gasteiger charge is 2.15. The molecule has 0 heterocycles. The zero-order chi connectivity index (χ0) is 11.6. The summed E-state index contributed by atoms with van der Waals surface area (Å²) in [6, 6.07) is 4.93. The molecule has 0 aliphatic heterocycles. The van der Waals surface area contributed by atoms with Crippen molar-refractivity contribution in [1.82, 2.24) is 0 Å². The zero-order valence-corrected chi connectivity index (χ0v) is 10.9. The van der Waals surface area contributed by atoms with E-state index in [0.717, 1.165) is 4.47 Å². The minimum absolute atomic E-state index is 0.470. The van der Waals surface area contributed by atoms with E-state index in [-0.39, 0.29) is 0 Å². The lowest BCUT2D eigenvalue weighted by molar-refractivity contribution is 0.593. The lowest BCUT2D eigenvalue weighted by Crippen LogP contribution is -2.22. The average Bonchev–Trinajstić information content (AvgIpc) is 2.10. The van der Waals surface area contributed by atoms with E-state index in [4.69, 9.17) is 5.73 Å². The first-order valence-corrected chi connectivity index (χ1v) is 6.73. The molecule has 0 spiro atoms. The molecule has 6 heteroatoms. The van der Waals surface area contributed by atoms with Crippen LogP contribution in [0.5, 0.6) is 0 Å². The highest BCUT2D eigenvalue weighted by molar-refractivity contribution is 9.10. The molecule has 0 aliphatic rings. The summed E-state index contributed by atoms with van der Waals surface area (Å²) in [6.45, 7) is 3.23. The summed E-state index contributed by atoms with van der Waals surface area (Å²) in [6.07, 6.45) is 0. The second kappa shape index (κ2) is 4.40. The van der Waals surface area contributed by atoms with Crippen LogP contribution in [0.2, 0.25) is 0 Å². The van der Waals surface area contributed by atoms with E-state index >= 15 is 0 Å². The Labute approximate surface area is 98.0 Å². The summed E-state index contributed by atoms with van der Waals surface area (Å²) in [5.41, 5.74) is 6.61. The van der Waals surface area contributed by atoms with Gasteiger partial charge in [-0.05, 0) is 48.0 Å². The maximum Gasteiger partial charge on any atom is 0.235 e. The van der Waals surface area contributed by atoms with E-state index in [1.54, 1.807) is 32.0 Å². The summed E-state index contributed by atoms with van der Waals surface area (Å²) in [7, 11) is -3.30. The Kier molecular flexibility index (Phi) is 3.62. The molecule has 0 fully saturated rings. The fourth-order valence-corrected chi connectivity index (χ4v) is 1.83. The van der Waals surface area contributed by atoms with Crippen LogP contribution in [0.15, 0.2) is 22.7 Å². The predicted molar refractivity (Wildman–Crippen MR) is 66.2 cm³/mol. The molecule has 1 aromatic rings. The van der Waals surface area contributed by atoms with E-state index in [0.29, 0.717) is 11.4 Å². The summed E-state index contributed by atoms with van der Waals surface area (Å²) >= 11 is 3.24. The first-order chi connectivity index (χ1) is 6.83. The molecule has 0 saturated carbocycles. The predicted octanol–water partition coefficient (Wildman–Crippen LogP) is 2.18. The van der Waals surface area contributed by atoms with Gasteiger partial charge in [0.05, 0.1) is 10.9 Å². The van der Waals surface area contributed by atoms with Crippen LogP contribution in [0.3, 0.4) is 0 Å². The van der Waals surface area contributed by atoms with Gasteiger partial charge in [0.15, 0.2) is 0 Å². The normalized spacial score (nSPS) is 11.7. The van der Waals surface area contributed by atoms with Crippen LogP contribution < -0.4 is 10.5 Å². The fourth-order valence-electron chi connectivity index (χ4n) is 0.889. The van der Waals surface area contributed by atoms with Crippen molar-refractivity contribution < 1.29 is 8.42 Å². The highest BCUT2D eigenvalue weighted by Crippen LogP contribution is 2.23. The van der Waals surface area contributed by atoms with Gasteiger partial charge in [0.25, 0.3) is 0 Å². The molecule has 0 aliphatic carbocycles. The van der Waals surface area contributed by atoms with Gasteiger partial charge < -0.3 is 5.73 Å². The molecule has 0 saturated heterocycles. The van der Waals surface area contributed by atoms with Crippen LogP contribution in [0.25, 0.3) is 0 Å². The van der Waals surface area contributed by atoms with Crippen molar-refractivity contribution in [3.63, 3.8) is 0 Å². The van der Waals surface area contributed by atoms with E-state index in [9.17, 15) is 8.42 Å². The van der Waals surface area contributed by atoms with Crippen molar-refractivity contribution in [2.45, 2.75) is 19.1 Å².